The molecule has 1 saturated heterocycles. The van der Waals surface area contributed by atoms with Crippen molar-refractivity contribution in [2.24, 2.45) is 5.92 Å². The maximum atomic E-state index is 12.6. The van der Waals surface area contributed by atoms with Crippen LogP contribution >= 0.6 is 0 Å². The summed E-state index contributed by atoms with van der Waals surface area (Å²) in [6.07, 6.45) is 6.03. The largest absolute Gasteiger partial charge is 0.497 e. The summed E-state index contributed by atoms with van der Waals surface area (Å²) >= 11 is 0. The molecular formula is C23H30N4O4. The van der Waals surface area contributed by atoms with Crippen LogP contribution in [0, 0.1) is 5.92 Å². The minimum Gasteiger partial charge on any atom is -0.497 e. The number of aromatic nitrogens is 2. The Morgan fingerprint density at radius 1 is 1.06 bits per heavy atom. The van der Waals surface area contributed by atoms with Gasteiger partial charge in [0.1, 0.15) is 5.75 Å². The lowest BCUT2D eigenvalue weighted by Crippen LogP contribution is -2.51. The Bertz CT molecular complexity index is 881. The molecule has 0 spiro atoms. The quantitative estimate of drug-likeness (QED) is 0.676. The molecule has 0 bridgehead atoms. The van der Waals surface area contributed by atoms with E-state index in [-0.39, 0.29) is 17.7 Å². The Morgan fingerprint density at radius 3 is 2.42 bits per heavy atom. The first-order chi connectivity index (χ1) is 15.1. The third kappa shape index (κ3) is 5.24. The summed E-state index contributed by atoms with van der Waals surface area (Å²) in [5.41, 5.74) is 0.858. The van der Waals surface area contributed by atoms with Gasteiger partial charge in [0.05, 0.1) is 7.11 Å². The van der Waals surface area contributed by atoms with E-state index in [1.165, 1.54) is 0 Å². The molecule has 1 aromatic heterocycles. The van der Waals surface area contributed by atoms with Gasteiger partial charge in [0.2, 0.25) is 23.5 Å². The zero-order valence-corrected chi connectivity index (χ0v) is 18.1. The van der Waals surface area contributed by atoms with E-state index in [1.807, 2.05) is 34.1 Å². The number of carbonyl (C=O) groups is 2. The number of ether oxygens (including phenoxy) is 1. The normalized spacial score (nSPS) is 17.2. The van der Waals surface area contributed by atoms with Crippen molar-refractivity contribution in [3.8, 4) is 17.1 Å². The smallest absolute Gasteiger partial charge is 0.226 e. The molecule has 0 atom stereocenters. The number of hydrogen-bond acceptors (Lipinski definition) is 6. The summed E-state index contributed by atoms with van der Waals surface area (Å²) in [5, 5.41) is 4.03. The first kappa shape index (κ1) is 21.3. The Hall–Kier alpha value is -2.90. The molecule has 2 fully saturated rings. The van der Waals surface area contributed by atoms with Gasteiger partial charge in [0.25, 0.3) is 0 Å². The number of benzene rings is 1. The fraction of sp³-hybridized carbons (Fsp3) is 0.565. The number of carbonyl (C=O) groups excluding carboxylic acids is 2. The summed E-state index contributed by atoms with van der Waals surface area (Å²) < 4.78 is 10.5. The van der Waals surface area contributed by atoms with Crippen molar-refractivity contribution >= 4 is 11.8 Å². The number of rotatable bonds is 7. The average molecular weight is 427 g/mol. The minimum atomic E-state index is 0.128. The Morgan fingerprint density at radius 2 is 1.74 bits per heavy atom. The highest BCUT2D eigenvalue weighted by Gasteiger charge is 2.30. The second kappa shape index (κ2) is 9.94. The van der Waals surface area contributed by atoms with Gasteiger partial charge in [-0.2, -0.15) is 4.98 Å². The fourth-order valence-corrected chi connectivity index (χ4v) is 4.37. The lowest BCUT2D eigenvalue weighted by molar-refractivity contribution is -0.142. The summed E-state index contributed by atoms with van der Waals surface area (Å²) in [5.74, 6) is 2.46. The lowest BCUT2D eigenvalue weighted by atomic mass is 10.1. The fourth-order valence-electron chi connectivity index (χ4n) is 4.37. The second-order valence-electron chi connectivity index (χ2n) is 8.28. The lowest BCUT2D eigenvalue weighted by Gasteiger charge is -2.36. The number of amides is 2. The van der Waals surface area contributed by atoms with Crippen LogP contribution in [0.5, 0.6) is 5.75 Å². The molecule has 2 amide bonds. The minimum absolute atomic E-state index is 0.128. The van der Waals surface area contributed by atoms with Gasteiger partial charge < -0.3 is 19.1 Å². The molecule has 8 heteroatoms. The number of piperazine rings is 1. The number of nitrogens with zero attached hydrogens (tertiary/aromatic N) is 4. The van der Waals surface area contributed by atoms with Crippen molar-refractivity contribution in [2.75, 3.05) is 33.3 Å². The number of methoxy groups -OCH3 is 1. The van der Waals surface area contributed by atoms with Crippen LogP contribution in [0.15, 0.2) is 28.8 Å². The molecule has 166 valence electrons. The van der Waals surface area contributed by atoms with Crippen LogP contribution in [0.3, 0.4) is 0 Å². The standard InChI is InChI=1S/C23H30N4O4/c1-30-19-11-9-17(10-12-19)22-24-20(31-25-22)7-4-8-21(28)26-13-15-27(16-14-26)23(29)18-5-2-3-6-18/h9-12,18H,2-8,13-16H2,1H3. The third-order valence-corrected chi connectivity index (χ3v) is 6.25. The van der Waals surface area contributed by atoms with Crippen LogP contribution in [-0.4, -0.2) is 65.0 Å². The molecule has 4 rings (SSSR count). The molecule has 0 radical (unpaired) electrons. The van der Waals surface area contributed by atoms with Crippen LogP contribution < -0.4 is 4.74 Å². The summed E-state index contributed by atoms with van der Waals surface area (Å²) in [6, 6.07) is 7.47. The van der Waals surface area contributed by atoms with E-state index in [1.54, 1.807) is 7.11 Å². The molecule has 31 heavy (non-hydrogen) atoms. The third-order valence-electron chi connectivity index (χ3n) is 6.25. The number of aryl methyl sites for hydroxylation is 1. The summed E-state index contributed by atoms with van der Waals surface area (Å²) in [4.78, 5) is 33.3. The van der Waals surface area contributed by atoms with Crippen molar-refractivity contribution in [2.45, 2.75) is 44.9 Å². The highest BCUT2D eigenvalue weighted by atomic mass is 16.5. The highest BCUT2D eigenvalue weighted by Crippen LogP contribution is 2.27. The van der Waals surface area contributed by atoms with Gasteiger partial charge in [-0.3, -0.25) is 9.59 Å². The molecule has 2 heterocycles. The van der Waals surface area contributed by atoms with E-state index < -0.39 is 0 Å². The maximum Gasteiger partial charge on any atom is 0.226 e. The predicted octanol–water partition coefficient (Wildman–Crippen LogP) is 2.93. The molecule has 8 nitrogen and oxygen atoms in total. The average Bonchev–Trinajstić information content (AvgIpc) is 3.51. The van der Waals surface area contributed by atoms with Gasteiger partial charge in [-0.25, -0.2) is 0 Å². The topological polar surface area (TPSA) is 88.8 Å². The monoisotopic (exact) mass is 426 g/mol. The molecule has 1 aromatic carbocycles. The van der Waals surface area contributed by atoms with Crippen LogP contribution in [0.2, 0.25) is 0 Å². The van der Waals surface area contributed by atoms with Gasteiger partial charge in [0.15, 0.2) is 0 Å². The van der Waals surface area contributed by atoms with Gasteiger partial charge >= 0.3 is 0 Å². The van der Waals surface area contributed by atoms with Gasteiger partial charge in [-0.05, 0) is 43.5 Å². The Balaban J connectivity index is 1.19. The highest BCUT2D eigenvalue weighted by molar-refractivity contribution is 5.80. The van der Waals surface area contributed by atoms with E-state index in [0.717, 1.165) is 37.0 Å². The SMILES string of the molecule is COc1ccc(-c2noc(CCCC(=O)N3CCN(C(=O)C4CCCC4)CC3)n2)cc1. The molecule has 2 aromatic rings. The number of hydrogen-bond donors (Lipinski definition) is 0. The van der Waals surface area contributed by atoms with E-state index in [9.17, 15) is 9.59 Å². The van der Waals surface area contributed by atoms with Crippen LogP contribution in [0.1, 0.15) is 44.4 Å². The Kier molecular flexibility index (Phi) is 6.84. The first-order valence-electron chi connectivity index (χ1n) is 11.2. The molecule has 0 unspecified atom stereocenters. The Labute approximate surface area is 182 Å². The predicted molar refractivity (Wildman–Crippen MR) is 114 cm³/mol. The van der Waals surface area contributed by atoms with Crippen molar-refractivity contribution in [1.82, 2.24) is 19.9 Å². The molecule has 1 saturated carbocycles. The summed E-state index contributed by atoms with van der Waals surface area (Å²) in [7, 11) is 1.62. The zero-order valence-electron chi connectivity index (χ0n) is 18.1. The van der Waals surface area contributed by atoms with E-state index in [2.05, 4.69) is 10.1 Å². The molecule has 0 N–H and O–H groups in total. The zero-order chi connectivity index (χ0) is 21.6. The van der Waals surface area contributed by atoms with Crippen molar-refractivity contribution in [1.29, 1.82) is 0 Å². The maximum absolute atomic E-state index is 12.6. The van der Waals surface area contributed by atoms with Gasteiger partial charge in [-0.1, -0.05) is 18.0 Å². The van der Waals surface area contributed by atoms with Gasteiger partial charge in [-0.15, -0.1) is 0 Å². The first-order valence-corrected chi connectivity index (χ1v) is 11.2. The van der Waals surface area contributed by atoms with Crippen LogP contribution in [0.25, 0.3) is 11.4 Å². The summed E-state index contributed by atoms with van der Waals surface area (Å²) in [6.45, 7) is 2.55. The van der Waals surface area contributed by atoms with Gasteiger partial charge in [0, 0.05) is 50.5 Å². The van der Waals surface area contributed by atoms with E-state index in [4.69, 9.17) is 9.26 Å². The molecule has 1 aliphatic heterocycles. The molecular weight excluding hydrogens is 396 g/mol. The molecule has 1 aliphatic carbocycles. The molecule has 2 aliphatic rings. The second-order valence-corrected chi connectivity index (χ2v) is 8.28. The van der Waals surface area contributed by atoms with Crippen LogP contribution in [0.4, 0.5) is 0 Å². The van der Waals surface area contributed by atoms with Crippen molar-refractivity contribution in [3.05, 3.63) is 30.2 Å². The van der Waals surface area contributed by atoms with Crippen LogP contribution in [-0.2, 0) is 16.0 Å². The van der Waals surface area contributed by atoms with Crippen molar-refractivity contribution < 1.29 is 18.8 Å². The van der Waals surface area contributed by atoms with E-state index >= 15 is 0 Å². The van der Waals surface area contributed by atoms with Crippen molar-refractivity contribution in [3.63, 3.8) is 0 Å². The van der Waals surface area contributed by atoms with E-state index in [0.29, 0.717) is 57.2 Å².